The number of thiophene rings is 1. The number of halogens is 1. The fraction of sp³-hybridized carbons (Fsp3) is 0.714. The van der Waals surface area contributed by atoms with Crippen molar-refractivity contribution in [3.05, 3.63) is 20.3 Å². The van der Waals surface area contributed by atoms with Crippen LogP contribution in [0.4, 0.5) is 0 Å². The van der Waals surface area contributed by atoms with Crippen molar-refractivity contribution in [2.45, 2.75) is 52.5 Å². The molecule has 0 spiro atoms. The average Bonchev–Trinajstić information content (AvgIpc) is 2.67. The average molecular weight is 316 g/mol. The van der Waals surface area contributed by atoms with E-state index in [0.29, 0.717) is 11.5 Å². The van der Waals surface area contributed by atoms with Gasteiger partial charge < -0.3 is 5.32 Å². The lowest BCUT2D eigenvalue weighted by Crippen LogP contribution is -2.33. The van der Waals surface area contributed by atoms with Crippen LogP contribution < -0.4 is 5.32 Å². The molecule has 1 unspecified atom stereocenters. The summed E-state index contributed by atoms with van der Waals surface area (Å²) >= 11 is 5.52. The molecule has 1 atom stereocenters. The predicted molar refractivity (Wildman–Crippen MR) is 79.8 cm³/mol. The summed E-state index contributed by atoms with van der Waals surface area (Å²) in [4.78, 5) is 1.58. The first-order valence-electron chi connectivity index (χ1n) is 6.53. The van der Waals surface area contributed by atoms with Crippen molar-refractivity contribution in [3.63, 3.8) is 0 Å². The smallest absolute Gasteiger partial charge is 0.0704 e. The molecule has 1 aliphatic carbocycles. The second kappa shape index (κ2) is 5.41. The highest BCUT2D eigenvalue weighted by Crippen LogP contribution is 2.38. The van der Waals surface area contributed by atoms with E-state index in [2.05, 4.69) is 48.1 Å². The maximum Gasteiger partial charge on any atom is 0.0704 e. The molecule has 0 fully saturated rings. The first-order valence-corrected chi connectivity index (χ1v) is 8.14. The summed E-state index contributed by atoms with van der Waals surface area (Å²) in [7, 11) is 0. The molecule has 1 heterocycles. The van der Waals surface area contributed by atoms with Gasteiger partial charge in [0.1, 0.15) is 0 Å². The lowest BCUT2D eigenvalue weighted by Gasteiger charge is -2.29. The molecule has 96 valence electrons. The molecular formula is C14H22BrNS. The Kier molecular flexibility index (Phi) is 4.32. The molecule has 0 bridgehead atoms. The maximum atomic E-state index is 3.77. The van der Waals surface area contributed by atoms with Crippen LogP contribution in [0.15, 0.2) is 9.85 Å². The molecule has 1 N–H and O–H groups in total. The molecule has 0 amide bonds. The van der Waals surface area contributed by atoms with Crippen LogP contribution in [-0.4, -0.2) is 6.54 Å². The molecule has 0 radical (unpaired) electrons. The number of aryl methyl sites for hydroxylation is 1. The summed E-state index contributed by atoms with van der Waals surface area (Å²) in [6, 6.07) is 2.89. The molecule has 0 saturated heterocycles. The topological polar surface area (TPSA) is 12.0 Å². The maximum absolute atomic E-state index is 3.77. The molecule has 3 heteroatoms. The van der Waals surface area contributed by atoms with Crippen molar-refractivity contribution in [2.24, 2.45) is 5.41 Å². The van der Waals surface area contributed by atoms with Gasteiger partial charge in [0, 0.05) is 17.5 Å². The van der Waals surface area contributed by atoms with E-state index >= 15 is 0 Å². The van der Waals surface area contributed by atoms with Crippen molar-refractivity contribution in [3.8, 4) is 0 Å². The zero-order valence-corrected chi connectivity index (χ0v) is 13.4. The van der Waals surface area contributed by atoms with Gasteiger partial charge in [0.05, 0.1) is 3.79 Å². The minimum Gasteiger partial charge on any atom is -0.309 e. The Morgan fingerprint density at radius 2 is 2.29 bits per heavy atom. The SMILES string of the molecule is CCC(C)(C)CNC1CCCc2sc(Br)cc21. The van der Waals surface area contributed by atoms with Gasteiger partial charge in [0.15, 0.2) is 0 Å². The highest BCUT2D eigenvalue weighted by Gasteiger charge is 2.24. The summed E-state index contributed by atoms with van der Waals surface area (Å²) in [5.74, 6) is 0. The Morgan fingerprint density at radius 1 is 1.53 bits per heavy atom. The van der Waals surface area contributed by atoms with Gasteiger partial charge in [-0.2, -0.15) is 0 Å². The van der Waals surface area contributed by atoms with Gasteiger partial charge in [-0.25, -0.2) is 0 Å². The molecule has 1 aliphatic rings. The normalized spacial score (nSPS) is 20.4. The van der Waals surface area contributed by atoms with E-state index in [9.17, 15) is 0 Å². The van der Waals surface area contributed by atoms with E-state index in [1.54, 1.807) is 10.4 Å². The van der Waals surface area contributed by atoms with Gasteiger partial charge in [-0.1, -0.05) is 20.8 Å². The molecule has 0 saturated carbocycles. The largest absolute Gasteiger partial charge is 0.309 e. The monoisotopic (exact) mass is 315 g/mol. The van der Waals surface area contributed by atoms with Crippen LogP contribution in [0.2, 0.25) is 0 Å². The minimum absolute atomic E-state index is 0.408. The Balaban J connectivity index is 2.03. The van der Waals surface area contributed by atoms with Crippen LogP contribution in [0.5, 0.6) is 0 Å². The van der Waals surface area contributed by atoms with Crippen LogP contribution in [-0.2, 0) is 6.42 Å². The molecule has 0 aromatic carbocycles. The lowest BCUT2D eigenvalue weighted by molar-refractivity contribution is 0.300. The van der Waals surface area contributed by atoms with Crippen molar-refractivity contribution in [1.29, 1.82) is 0 Å². The predicted octanol–water partition coefficient (Wildman–Crippen LogP) is 4.91. The second-order valence-electron chi connectivity index (χ2n) is 5.77. The first-order chi connectivity index (χ1) is 8.02. The van der Waals surface area contributed by atoms with Crippen molar-refractivity contribution in [2.75, 3.05) is 6.54 Å². The molecule has 17 heavy (non-hydrogen) atoms. The number of hydrogen-bond acceptors (Lipinski definition) is 2. The Morgan fingerprint density at radius 3 is 3.00 bits per heavy atom. The first kappa shape index (κ1) is 13.6. The van der Waals surface area contributed by atoms with Crippen LogP contribution in [0.1, 0.15) is 56.5 Å². The van der Waals surface area contributed by atoms with E-state index < -0.39 is 0 Å². The quantitative estimate of drug-likeness (QED) is 0.832. The zero-order valence-electron chi connectivity index (χ0n) is 11.0. The fourth-order valence-corrected chi connectivity index (χ4v) is 4.08. The lowest BCUT2D eigenvalue weighted by atomic mass is 9.88. The number of nitrogens with one attached hydrogen (secondary N) is 1. The Hall–Kier alpha value is 0.140. The third-order valence-electron chi connectivity index (χ3n) is 3.87. The van der Waals surface area contributed by atoms with Gasteiger partial charge in [0.25, 0.3) is 0 Å². The fourth-order valence-electron chi connectivity index (χ4n) is 2.26. The minimum atomic E-state index is 0.408. The molecule has 1 aromatic rings. The second-order valence-corrected chi connectivity index (χ2v) is 8.29. The van der Waals surface area contributed by atoms with Crippen molar-refractivity contribution >= 4 is 27.3 Å². The van der Waals surface area contributed by atoms with E-state index in [0.717, 1.165) is 6.54 Å². The van der Waals surface area contributed by atoms with Gasteiger partial charge in [-0.05, 0) is 58.7 Å². The molecule has 1 aromatic heterocycles. The molecule has 1 nitrogen and oxygen atoms in total. The Labute approximate surface area is 117 Å². The molecule has 2 rings (SSSR count). The molecular weight excluding hydrogens is 294 g/mol. The summed E-state index contributed by atoms with van der Waals surface area (Å²) in [6.45, 7) is 8.07. The van der Waals surface area contributed by atoms with Crippen LogP contribution >= 0.6 is 27.3 Å². The van der Waals surface area contributed by atoms with E-state index in [-0.39, 0.29) is 0 Å². The molecule has 0 aliphatic heterocycles. The summed E-state index contributed by atoms with van der Waals surface area (Å²) < 4.78 is 1.28. The summed E-state index contributed by atoms with van der Waals surface area (Å²) in [6.07, 6.45) is 5.11. The van der Waals surface area contributed by atoms with E-state index in [1.807, 2.05) is 11.3 Å². The third-order valence-corrected chi connectivity index (χ3v) is 5.58. The van der Waals surface area contributed by atoms with Crippen LogP contribution in [0, 0.1) is 5.41 Å². The zero-order chi connectivity index (χ0) is 12.5. The standard InChI is InChI=1S/C14H22BrNS/c1-4-14(2,3)9-16-11-6-5-7-12-10(11)8-13(15)17-12/h8,11,16H,4-7,9H2,1-3H3. The van der Waals surface area contributed by atoms with Gasteiger partial charge in [-0.15, -0.1) is 11.3 Å². The number of fused-ring (bicyclic) bond motifs is 1. The van der Waals surface area contributed by atoms with Gasteiger partial charge in [-0.3, -0.25) is 0 Å². The van der Waals surface area contributed by atoms with Crippen molar-refractivity contribution < 1.29 is 0 Å². The summed E-state index contributed by atoms with van der Waals surface area (Å²) in [5.41, 5.74) is 1.95. The Bertz CT molecular complexity index is 384. The summed E-state index contributed by atoms with van der Waals surface area (Å²) in [5, 5.41) is 3.77. The highest BCUT2D eigenvalue weighted by atomic mass is 79.9. The van der Waals surface area contributed by atoms with Gasteiger partial charge >= 0.3 is 0 Å². The third kappa shape index (κ3) is 3.33. The number of hydrogen-bond donors (Lipinski definition) is 1. The highest BCUT2D eigenvalue weighted by molar-refractivity contribution is 9.11. The van der Waals surface area contributed by atoms with Crippen LogP contribution in [0.25, 0.3) is 0 Å². The van der Waals surface area contributed by atoms with E-state index in [1.165, 1.54) is 29.5 Å². The van der Waals surface area contributed by atoms with Gasteiger partial charge in [0.2, 0.25) is 0 Å². The van der Waals surface area contributed by atoms with Crippen LogP contribution in [0.3, 0.4) is 0 Å². The number of rotatable bonds is 4. The van der Waals surface area contributed by atoms with E-state index in [4.69, 9.17) is 0 Å². The van der Waals surface area contributed by atoms with Crippen molar-refractivity contribution in [1.82, 2.24) is 5.32 Å².